The number of amides is 1. The number of carboxylic acids is 1. The van der Waals surface area contributed by atoms with Gasteiger partial charge >= 0.3 is 5.97 Å². The first-order valence-corrected chi connectivity index (χ1v) is 8.68. The van der Waals surface area contributed by atoms with Gasteiger partial charge in [0.1, 0.15) is 0 Å². The molecule has 138 valence electrons. The molecule has 2 aliphatic rings. The molecule has 0 unspecified atom stereocenters. The van der Waals surface area contributed by atoms with Crippen LogP contribution in [0.15, 0.2) is 29.3 Å². The van der Waals surface area contributed by atoms with Crippen molar-refractivity contribution < 1.29 is 24.7 Å². The maximum atomic E-state index is 12.4. The third-order valence-corrected chi connectivity index (χ3v) is 6.41. The molecule has 0 saturated carbocycles. The number of carbonyl (C=O) groups excluding carboxylic acids is 1. The molecule has 1 aromatic carbocycles. The molecule has 10 heteroatoms. The molecule has 2 saturated heterocycles. The molecule has 3 rings (SSSR count). The number of nitro benzene ring substituents is 1. The lowest BCUT2D eigenvalue weighted by Crippen LogP contribution is -2.70. The number of aliphatic imine (C=N–C) groups is 1. The zero-order chi connectivity index (χ0) is 19.3. The number of β-lactam (4-membered cyclic amide) rings is 1. The number of nitro groups is 1. The summed E-state index contributed by atoms with van der Waals surface area (Å²) < 4.78 is -0.930. The van der Waals surface area contributed by atoms with Crippen LogP contribution in [0, 0.1) is 16.0 Å². The van der Waals surface area contributed by atoms with E-state index < -0.39 is 38.5 Å². The van der Waals surface area contributed by atoms with Gasteiger partial charge in [-0.1, -0.05) is 0 Å². The number of non-ortho nitro benzene ring substituents is 1. The van der Waals surface area contributed by atoms with E-state index in [1.807, 2.05) is 0 Å². The number of nitrogens with zero attached hydrogens (tertiary/aromatic N) is 3. The zero-order valence-corrected chi connectivity index (χ0v) is 14.8. The molecule has 1 aromatic rings. The molecule has 0 aliphatic carbocycles. The van der Waals surface area contributed by atoms with Crippen LogP contribution < -0.4 is 0 Å². The first-order chi connectivity index (χ1) is 12.2. The summed E-state index contributed by atoms with van der Waals surface area (Å²) in [5, 5.41) is 29.5. The number of thioether (sulfide) groups is 1. The van der Waals surface area contributed by atoms with Crippen molar-refractivity contribution in [3.05, 3.63) is 39.9 Å². The molecule has 1 amide bonds. The van der Waals surface area contributed by atoms with E-state index >= 15 is 0 Å². The molecule has 9 nitrogen and oxygen atoms in total. The summed E-state index contributed by atoms with van der Waals surface area (Å²) in [6.07, 6.45) is 1.31. The van der Waals surface area contributed by atoms with Gasteiger partial charge in [0, 0.05) is 18.3 Å². The van der Waals surface area contributed by atoms with Crippen LogP contribution in [0.4, 0.5) is 5.69 Å². The smallest absolute Gasteiger partial charge is 0.354 e. The summed E-state index contributed by atoms with van der Waals surface area (Å²) in [7, 11) is 0. The van der Waals surface area contributed by atoms with Crippen LogP contribution in [-0.4, -0.2) is 60.5 Å². The lowest BCUT2D eigenvalue weighted by atomic mass is 9.87. The van der Waals surface area contributed by atoms with E-state index in [2.05, 4.69) is 4.99 Å². The zero-order valence-electron chi connectivity index (χ0n) is 14.0. The van der Waals surface area contributed by atoms with Crippen LogP contribution in [0.1, 0.15) is 19.4 Å². The Morgan fingerprint density at radius 2 is 2.04 bits per heavy atom. The van der Waals surface area contributed by atoms with Gasteiger partial charge in [0.05, 0.1) is 27.6 Å². The molecule has 2 fully saturated rings. The third kappa shape index (κ3) is 2.40. The van der Waals surface area contributed by atoms with Crippen LogP contribution in [0.25, 0.3) is 0 Å². The van der Waals surface area contributed by atoms with E-state index in [0.717, 1.165) is 0 Å². The van der Waals surface area contributed by atoms with E-state index in [1.165, 1.54) is 47.1 Å². The topological polar surface area (TPSA) is 133 Å². The Labute approximate surface area is 152 Å². The Morgan fingerprint density at radius 1 is 1.42 bits per heavy atom. The fraction of sp³-hybridized carbons (Fsp3) is 0.438. The van der Waals surface area contributed by atoms with Crippen molar-refractivity contribution in [3.8, 4) is 0 Å². The molecule has 0 spiro atoms. The van der Waals surface area contributed by atoms with Crippen molar-refractivity contribution >= 4 is 35.5 Å². The largest absolute Gasteiger partial charge is 0.478 e. The van der Waals surface area contributed by atoms with Gasteiger partial charge < -0.3 is 10.2 Å². The molecule has 0 bridgehead atoms. The predicted octanol–water partition coefficient (Wildman–Crippen LogP) is 1.10. The Kier molecular flexibility index (Phi) is 4.27. The fourth-order valence-electron chi connectivity index (χ4n) is 3.33. The van der Waals surface area contributed by atoms with Crippen molar-refractivity contribution in [2.45, 2.75) is 29.6 Å². The lowest BCUT2D eigenvalue weighted by Gasteiger charge is -2.47. The number of aliphatic hydroxyl groups is 1. The predicted molar refractivity (Wildman–Crippen MR) is 93.9 cm³/mol. The van der Waals surface area contributed by atoms with Gasteiger partial charge in [-0.3, -0.25) is 24.8 Å². The first kappa shape index (κ1) is 18.3. The standard InChI is InChI=1S/C16H17N3O6S/c1-15(2)16(14(22)23,18-12(21)11(8-20)13(18)26-15)17-7-9-3-5-10(6-4-9)19(24)25/h3-7,11,13,20H,8H2,1-2H3,(H,22,23)/t11-,13-,16+/m1/s1. The maximum absolute atomic E-state index is 12.4. The summed E-state index contributed by atoms with van der Waals surface area (Å²) in [5.41, 5.74) is -1.42. The molecule has 2 heterocycles. The van der Waals surface area contributed by atoms with E-state index in [9.17, 15) is 29.9 Å². The van der Waals surface area contributed by atoms with Crippen molar-refractivity contribution in [1.29, 1.82) is 0 Å². The average molecular weight is 379 g/mol. The number of aliphatic hydroxyl groups excluding tert-OH is 1. The van der Waals surface area contributed by atoms with E-state index in [1.54, 1.807) is 13.8 Å². The molecule has 2 aliphatic heterocycles. The Balaban J connectivity index is 1.99. The van der Waals surface area contributed by atoms with E-state index in [0.29, 0.717) is 5.56 Å². The van der Waals surface area contributed by atoms with Crippen molar-refractivity contribution in [2.75, 3.05) is 6.61 Å². The Hall–Kier alpha value is -2.46. The minimum absolute atomic E-state index is 0.0874. The highest BCUT2D eigenvalue weighted by Crippen LogP contribution is 2.59. The minimum atomic E-state index is -1.81. The minimum Gasteiger partial charge on any atom is -0.478 e. The molecule has 0 aromatic heterocycles. The quantitative estimate of drug-likeness (QED) is 0.339. The van der Waals surface area contributed by atoms with Crippen LogP contribution >= 0.6 is 11.8 Å². The second-order valence-electron chi connectivity index (χ2n) is 6.60. The number of benzene rings is 1. The lowest BCUT2D eigenvalue weighted by molar-refractivity contribution is -0.384. The molecule has 3 atom stereocenters. The van der Waals surface area contributed by atoms with Gasteiger partial charge in [-0.15, -0.1) is 11.8 Å². The highest BCUT2D eigenvalue weighted by atomic mass is 32.2. The highest BCUT2D eigenvalue weighted by Gasteiger charge is 2.72. The molecular weight excluding hydrogens is 362 g/mol. The van der Waals surface area contributed by atoms with Gasteiger partial charge in [0.15, 0.2) is 0 Å². The van der Waals surface area contributed by atoms with E-state index in [-0.39, 0.29) is 12.3 Å². The molecular formula is C16H17N3O6S. The number of fused-ring (bicyclic) bond motifs is 1. The highest BCUT2D eigenvalue weighted by molar-refractivity contribution is 8.01. The number of hydrogen-bond acceptors (Lipinski definition) is 7. The molecule has 2 N–H and O–H groups in total. The summed E-state index contributed by atoms with van der Waals surface area (Å²) in [6.45, 7) is 3.04. The van der Waals surface area contributed by atoms with Crippen LogP contribution in [0.2, 0.25) is 0 Å². The molecule has 26 heavy (non-hydrogen) atoms. The number of carbonyl (C=O) groups is 2. The summed E-state index contributed by atoms with van der Waals surface area (Å²) >= 11 is 1.29. The number of rotatable bonds is 5. The van der Waals surface area contributed by atoms with Crippen molar-refractivity contribution in [3.63, 3.8) is 0 Å². The second-order valence-corrected chi connectivity index (χ2v) is 8.34. The maximum Gasteiger partial charge on any atom is 0.354 e. The third-order valence-electron chi connectivity index (χ3n) is 4.76. The van der Waals surface area contributed by atoms with Gasteiger partial charge in [0.25, 0.3) is 5.69 Å². The summed E-state index contributed by atoms with van der Waals surface area (Å²) in [4.78, 5) is 40.2. The SMILES string of the molecule is CC1(C)S[C@@H]2[C@H](CO)C(=O)N2[C@@]1(N=Cc1ccc([N+](=O)[O-])cc1)C(=O)O. The van der Waals surface area contributed by atoms with Gasteiger partial charge in [-0.25, -0.2) is 4.79 Å². The van der Waals surface area contributed by atoms with Gasteiger partial charge in [0.2, 0.25) is 11.6 Å². The van der Waals surface area contributed by atoms with Crippen LogP contribution in [0.5, 0.6) is 0 Å². The number of carboxylic acid groups (broad SMARTS) is 1. The second kappa shape index (κ2) is 6.06. The van der Waals surface area contributed by atoms with Crippen LogP contribution in [-0.2, 0) is 9.59 Å². The monoisotopic (exact) mass is 379 g/mol. The normalized spacial score (nSPS) is 29.5. The van der Waals surface area contributed by atoms with Crippen molar-refractivity contribution in [2.24, 2.45) is 10.9 Å². The van der Waals surface area contributed by atoms with Crippen molar-refractivity contribution in [1.82, 2.24) is 4.90 Å². The molecule has 0 radical (unpaired) electrons. The van der Waals surface area contributed by atoms with E-state index in [4.69, 9.17) is 0 Å². The number of hydrogen-bond donors (Lipinski definition) is 2. The Bertz CT molecular complexity index is 809. The van der Waals surface area contributed by atoms with Crippen LogP contribution in [0.3, 0.4) is 0 Å². The summed E-state index contributed by atoms with van der Waals surface area (Å²) in [6, 6.07) is 5.50. The average Bonchev–Trinajstić information content (AvgIpc) is 2.78. The number of aliphatic carboxylic acids is 1. The fourth-order valence-corrected chi connectivity index (χ4v) is 5.06. The Morgan fingerprint density at radius 3 is 2.54 bits per heavy atom. The van der Waals surface area contributed by atoms with Gasteiger partial charge in [-0.05, 0) is 31.5 Å². The summed E-state index contributed by atoms with van der Waals surface area (Å²) in [5.74, 6) is -2.34. The van der Waals surface area contributed by atoms with Gasteiger partial charge in [-0.2, -0.15) is 0 Å². The first-order valence-electron chi connectivity index (χ1n) is 7.80.